The molecule has 1 fully saturated rings. The van der Waals surface area contributed by atoms with E-state index in [1.54, 1.807) is 12.1 Å². The standard InChI is InChI=1S/C15H22FN3O/c1-11-3-2-4-14(9-17)19(11)10-15(20)18-13-7-5-12(16)6-8-13/h5-8,11,14H,2-4,9-10,17H2,1H3,(H,18,20). The highest BCUT2D eigenvalue weighted by Crippen LogP contribution is 2.22. The quantitative estimate of drug-likeness (QED) is 0.886. The molecule has 1 amide bonds. The molecule has 1 saturated heterocycles. The van der Waals surface area contributed by atoms with Crippen molar-refractivity contribution in [3.05, 3.63) is 30.1 Å². The molecule has 1 aromatic rings. The maximum absolute atomic E-state index is 12.8. The van der Waals surface area contributed by atoms with Crippen LogP contribution in [0.1, 0.15) is 26.2 Å². The zero-order valence-electron chi connectivity index (χ0n) is 11.8. The molecule has 20 heavy (non-hydrogen) atoms. The predicted molar refractivity (Wildman–Crippen MR) is 77.9 cm³/mol. The second-order valence-corrected chi connectivity index (χ2v) is 5.40. The number of hydrogen-bond acceptors (Lipinski definition) is 3. The molecule has 0 radical (unpaired) electrons. The second-order valence-electron chi connectivity index (χ2n) is 5.40. The van der Waals surface area contributed by atoms with Gasteiger partial charge in [-0.2, -0.15) is 0 Å². The average Bonchev–Trinajstić information content (AvgIpc) is 2.43. The van der Waals surface area contributed by atoms with Crippen LogP contribution in [0.2, 0.25) is 0 Å². The van der Waals surface area contributed by atoms with Crippen molar-refractivity contribution in [3.8, 4) is 0 Å². The molecule has 0 aliphatic carbocycles. The lowest BCUT2D eigenvalue weighted by Gasteiger charge is -2.39. The zero-order valence-corrected chi connectivity index (χ0v) is 11.8. The fraction of sp³-hybridized carbons (Fsp3) is 0.533. The van der Waals surface area contributed by atoms with E-state index in [4.69, 9.17) is 5.73 Å². The maximum Gasteiger partial charge on any atom is 0.238 e. The maximum atomic E-state index is 12.8. The van der Waals surface area contributed by atoms with Gasteiger partial charge in [0.15, 0.2) is 0 Å². The number of hydrogen-bond donors (Lipinski definition) is 2. The van der Waals surface area contributed by atoms with E-state index in [0.717, 1.165) is 12.8 Å². The third-order valence-corrected chi connectivity index (χ3v) is 3.92. The molecule has 1 heterocycles. The van der Waals surface area contributed by atoms with Gasteiger partial charge < -0.3 is 11.1 Å². The summed E-state index contributed by atoms with van der Waals surface area (Å²) >= 11 is 0. The Hall–Kier alpha value is -1.46. The van der Waals surface area contributed by atoms with E-state index in [1.165, 1.54) is 18.6 Å². The molecule has 2 unspecified atom stereocenters. The minimum absolute atomic E-state index is 0.0798. The summed E-state index contributed by atoms with van der Waals surface area (Å²) in [6, 6.07) is 6.44. The number of piperidine rings is 1. The summed E-state index contributed by atoms with van der Waals surface area (Å²) in [6.45, 7) is 3.04. The van der Waals surface area contributed by atoms with Gasteiger partial charge in [-0.1, -0.05) is 6.42 Å². The van der Waals surface area contributed by atoms with Crippen LogP contribution in [0.25, 0.3) is 0 Å². The number of likely N-dealkylation sites (tertiary alicyclic amines) is 1. The number of nitrogens with two attached hydrogens (primary N) is 1. The predicted octanol–water partition coefficient (Wildman–Crippen LogP) is 1.97. The molecule has 110 valence electrons. The smallest absolute Gasteiger partial charge is 0.238 e. The Labute approximate surface area is 119 Å². The van der Waals surface area contributed by atoms with Crippen LogP contribution >= 0.6 is 0 Å². The van der Waals surface area contributed by atoms with Gasteiger partial charge in [-0.25, -0.2) is 4.39 Å². The summed E-state index contributed by atoms with van der Waals surface area (Å²) in [7, 11) is 0. The molecule has 0 aromatic heterocycles. The highest BCUT2D eigenvalue weighted by molar-refractivity contribution is 5.92. The van der Waals surface area contributed by atoms with E-state index in [0.29, 0.717) is 24.8 Å². The SMILES string of the molecule is CC1CCCC(CN)N1CC(=O)Nc1ccc(F)cc1. The van der Waals surface area contributed by atoms with Crippen LogP contribution in [0.4, 0.5) is 10.1 Å². The molecule has 4 nitrogen and oxygen atoms in total. The Bertz CT molecular complexity index is 449. The summed E-state index contributed by atoms with van der Waals surface area (Å²) < 4.78 is 12.8. The van der Waals surface area contributed by atoms with Gasteiger partial charge in [0.05, 0.1) is 6.54 Å². The largest absolute Gasteiger partial charge is 0.329 e. The molecule has 0 bridgehead atoms. The van der Waals surface area contributed by atoms with Crippen molar-refractivity contribution in [3.63, 3.8) is 0 Å². The normalized spacial score (nSPS) is 23.6. The van der Waals surface area contributed by atoms with E-state index < -0.39 is 0 Å². The lowest BCUT2D eigenvalue weighted by Crippen LogP contribution is -2.51. The summed E-state index contributed by atoms with van der Waals surface area (Å²) in [4.78, 5) is 14.3. The van der Waals surface area contributed by atoms with Crippen LogP contribution in [-0.2, 0) is 4.79 Å². The van der Waals surface area contributed by atoms with Gasteiger partial charge >= 0.3 is 0 Å². The van der Waals surface area contributed by atoms with Crippen molar-refractivity contribution in [1.29, 1.82) is 0 Å². The van der Waals surface area contributed by atoms with E-state index in [1.807, 2.05) is 0 Å². The van der Waals surface area contributed by atoms with Crippen molar-refractivity contribution in [2.45, 2.75) is 38.3 Å². The highest BCUT2D eigenvalue weighted by atomic mass is 19.1. The van der Waals surface area contributed by atoms with E-state index in [-0.39, 0.29) is 17.8 Å². The summed E-state index contributed by atoms with van der Waals surface area (Å²) in [5.41, 5.74) is 6.40. The highest BCUT2D eigenvalue weighted by Gasteiger charge is 2.28. The van der Waals surface area contributed by atoms with Crippen LogP contribution in [0.15, 0.2) is 24.3 Å². The Balaban J connectivity index is 1.94. The van der Waals surface area contributed by atoms with Crippen LogP contribution in [0.5, 0.6) is 0 Å². The van der Waals surface area contributed by atoms with Gasteiger partial charge in [0.2, 0.25) is 5.91 Å². The lowest BCUT2D eigenvalue weighted by molar-refractivity contribution is -0.118. The molecular formula is C15H22FN3O. The second kappa shape index (κ2) is 6.81. The van der Waals surface area contributed by atoms with E-state index in [2.05, 4.69) is 17.1 Å². The number of benzene rings is 1. The Morgan fingerprint density at radius 1 is 1.40 bits per heavy atom. The molecule has 3 N–H and O–H groups in total. The van der Waals surface area contributed by atoms with Crippen LogP contribution in [0.3, 0.4) is 0 Å². The fourth-order valence-corrected chi connectivity index (χ4v) is 2.78. The molecule has 2 rings (SSSR count). The van der Waals surface area contributed by atoms with Gasteiger partial charge in [0.25, 0.3) is 0 Å². The fourth-order valence-electron chi connectivity index (χ4n) is 2.78. The number of carbonyl (C=O) groups excluding carboxylic acids is 1. The van der Waals surface area contributed by atoms with E-state index in [9.17, 15) is 9.18 Å². The first-order valence-electron chi connectivity index (χ1n) is 7.11. The van der Waals surface area contributed by atoms with E-state index >= 15 is 0 Å². The summed E-state index contributed by atoms with van der Waals surface area (Å²) in [5.74, 6) is -0.389. The molecule has 5 heteroatoms. The molecule has 1 aliphatic heterocycles. The van der Waals surface area contributed by atoms with Gasteiger partial charge in [0.1, 0.15) is 5.82 Å². The molecule has 1 aliphatic rings. The molecule has 2 atom stereocenters. The van der Waals surface area contributed by atoms with Crippen LogP contribution < -0.4 is 11.1 Å². The first kappa shape index (κ1) is 14.9. The molecule has 1 aromatic carbocycles. The third-order valence-electron chi connectivity index (χ3n) is 3.92. The number of amides is 1. The number of halogens is 1. The third kappa shape index (κ3) is 3.77. The van der Waals surface area contributed by atoms with Crippen molar-refractivity contribution in [1.82, 2.24) is 4.90 Å². The van der Waals surface area contributed by atoms with Crippen molar-refractivity contribution in [2.75, 3.05) is 18.4 Å². The van der Waals surface area contributed by atoms with Gasteiger partial charge in [-0.15, -0.1) is 0 Å². The van der Waals surface area contributed by atoms with Gasteiger partial charge in [-0.05, 0) is 44.0 Å². The summed E-state index contributed by atoms with van der Waals surface area (Å²) in [5, 5.41) is 2.79. The van der Waals surface area contributed by atoms with Crippen LogP contribution in [-0.4, -0.2) is 36.0 Å². The van der Waals surface area contributed by atoms with Crippen molar-refractivity contribution < 1.29 is 9.18 Å². The first-order valence-corrected chi connectivity index (χ1v) is 7.11. The average molecular weight is 279 g/mol. The number of nitrogens with one attached hydrogen (secondary N) is 1. The minimum atomic E-state index is -0.309. The van der Waals surface area contributed by atoms with Crippen molar-refractivity contribution in [2.24, 2.45) is 5.73 Å². The number of carbonyl (C=O) groups is 1. The van der Waals surface area contributed by atoms with Gasteiger partial charge in [-0.3, -0.25) is 9.69 Å². The van der Waals surface area contributed by atoms with Gasteiger partial charge in [0, 0.05) is 24.3 Å². The molecule has 0 spiro atoms. The lowest BCUT2D eigenvalue weighted by atomic mass is 9.96. The molecular weight excluding hydrogens is 257 g/mol. The van der Waals surface area contributed by atoms with Crippen LogP contribution in [0, 0.1) is 5.82 Å². The van der Waals surface area contributed by atoms with Crippen molar-refractivity contribution >= 4 is 11.6 Å². The number of anilines is 1. The topological polar surface area (TPSA) is 58.4 Å². The Morgan fingerprint density at radius 3 is 2.75 bits per heavy atom. The summed E-state index contributed by atoms with van der Waals surface area (Å²) in [6.07, 6.45) is 3.31. The minimum Gasteiger partial charge on any atom is -0.329 e. The molecule has 0 saturated carbocycles. The Morgan fingerprint density at radius 2 is 2.10 bits per heavy atom. The monoisotopic (exact) mass is 279 g/mol. The zero-order chi connectivity index (χ0) is 14.5. The Kier molecular flexibility index (Phi) is 5.09. The number of rotatable bonds is 4. The first-order chi connectivity index (χ1) is 9.60. The number of nitrogens with zero attached hydrogens (tertiary/aromatic N) is 1.